The first-order valence-electron chi connectivity index (χ1n) is 8.71. The van der Waals surface area contributed by atoms with Gasteiger partial charge >= 0.3 is 0 Å². The maximum Gasteiger partial charge on any atom is 0.237 e. The molecule has 1 fully saturated rings. The summed E-state index contributed by atoms with van der Waals surface area (Å²) < 4.78 is 5.29. The zero-order valence-electron chi connectivity index (χ0n) is 15.4. The number of carbonyl (C=O) groups excluding carboxylic acids is 2. The molecule has 1 aliphatic rings. The van der Waals surface area contributed by atoms with Crippen LogP contribution in [0.5, 0.6) is 5.75 Å². The van der Waals surface area contributed by atoms with E-state index in [4.69, 9.17) is 4.74 Å². The summed E-state index contributed by atoms with van der Waals surface area (Å²) in [5.41, 5.74) is 2.10. The Morgan fingerprint density at radius 2 is 2.30 bits per heavy atom. The fourth-order valence-electron chi connectivity index (χ4n) is 3.13. The summed E-state index contributed by atoms with van der Waals surface area (Å²) in [5, 5.41) is 18.9. The number of benzene rings is 1. The quantitative estimate of drug-likeness (QED) is 0.599. The second kappa shape index (κ2) is 8.58. The van der Waals surface area contributed by atoms with Gasteiger partial charge in [-0.15, -0.1) is 10.2 Å². The number of nitrogens with one attached hydrogen (secondary N) is 3. The van der Waals surface area contributed by atoms with Crippen molar-refractivity contribution in [1.82, 2.24) is 36.2 Å². The minimum atomic E-state index is -0.522. The molecule has 10 nitrogen and oxygen atoms in total. The summed E-state index contributed by atoms with van der Waals surface area (Å²) in [5.74, 6) is 0.841. The summed E-state index contributed by atoms with van der Waals surface area (Å²) in [6.45, 7) is 3.98. The molecular formula is C17H23N7O3. The van der Waals surface area contributed by atoms with Crippen LogP contribution in [0.2, 0.25) is 0 Å². The zero-order valence-corrected chi connectivity index (χ0v) is 15.4. The monoisotopic (exact) mass is 373 g/mol. The molecule has 27 heavy (non-hydrogen) atoms. The van der Waals surface area contributed by atoms with Crippen LogP contribution < -0.4 is 15.4 Å². The Labute approximate surface area is 156 Å². The van der Waals surface area contributed by atoms with Crippen molar-refractivity contribution in [3.8, 4) is 5.75 Å². The third-order valence-corrected chi connectivity index (χ3v) is 4.50. The molecule has 2 amide bonds. The molecule has 3 rings (SSSR count). The van der Waals surface area contributed by atoms with Gasteiger partial charge in [-0.05, 0) is 24.1 Å². The van der Waals surface area contributed by atoms with Gasteiger partial charge in [0.2, 0.25) is 11.8 Å². The summed E-state index contributed by atoms with van der Waals surface area (Å²) >= 11 is 0. The van der Waals surface area contributed by atoms with E-state index < -0.39 is 6.04 Å². The van der Waals surface area contributed by atoms with Crippen LogP contribution in [0.3, 0.4) is 0 Å². The molecule has 0 bridgehead atoms. The normalized spacial score (nSPS) is 17.4. The highest BCUT2D eigenvalue weighted by atomic mass is 16.5. The molecule has 0 saturated carbocycles. The van der Waals surface area contributed by atoms with Crippen molar-refractivity contribution in [2.45, 2.75) is 32.5 Å². The van der Waals surface area contributed by atoms with Crippen LogP contribution in [0, 0.1) is 6.92 Å². The van der Waals surface area contributed by atoms with Crippen molar-refractivity contribution in [2.24, 2.45) is 0 Å². The molecular weight excluding hydrogens is 350 g/mol. The van der Waals surface area contributed by atoms with E-state index in [9.17, 15) is 9.59 Å². The van der Waals surface area contributed by atoms with Gasteiger partial charge in [0, 0.05) is 19.6 Å². The zero-order chi connectivity index (χ0) is 19.2. The predicted molar refractivity (Wildman–Crippen MR) is 95.6 cm³/mol. The Balaban J connectivity index is 1.63. The van der Waals surface area contributed by atoms with Crippen molar-refractivity contribution in [2.75, 3.05) is 20.2 Å². The fourth-order valence-corrected chi connectivity index (χ4v) is 3.13. The number of ether oxygens (including phenoxy) is 1. The van der Waals surface area contributed by atoms with Crippen molar-refractivity contribution in [1.29, 1.82) is 0 Å². The van der Waals surface area contributed by atoms with E-state index in [0.29, 0.717) is 25.5 Å². The molecule has 1 saturated heterocycles. The van der Waals surface area contributed by atoms with Gasteiger partial charge in [-0.1, -0.05) is 17.3 Å². The molecule has 1 aliphatic heterocycles. The molecule has 0 aliphatic carbocycles. The summed E-state index contributed by atoms with van der Waals surface area (Å²) in [6.07, 6.45) is 0.0683. The fraction of sp³-hybridized carbons (Fsp3) is 0.471. The van der Waals surface area contributed by atoms with E-state index in [-0.39, 0.29) is 24.8 Å². The molecule has 2 aromatic rings. The molecule has 0 unspecified atom stereocenters. The number of rotatable bonds is 7. The van der Waals surface area contributed by atoms with Crippen LogP contribution in [0.4, 0.5) is 0 Å². The van der Waals surface area contributed by atoms with E-state index in [0.717, 1.165) is 16.9 Å². The van der Waals surface area contributed by atoms with Crippen LogP contribution in [0.25, 0.3) is 0 Å². The summed E-state index contributed by atoms with van der Waals surface area (Å²) in [4.78, 5) is 26.6. The van der Waals surface area contributed by atoms with Crippen LogP contribution >= 0.6 is 0 Å². The van der Waals surface area contributed by atoms with Gasteiger partial charge in [0.1, 0.15) is 5.75 Å². The molecule has 2 heterocycles. The van der Waals surface area contributed by atoms with E-state index in [2.05, 4.69) is 31.3 Å². The molecule has 3 N–H and O–H groups in total. The number of H-pyrrole nitrogens is 1. The van der Waals surface area contributed by atoms with Crippen molar-refractivity contribution >= 4 is 11.8 Å². The first-order chi connectivity index (χ1) is 13.1. The van der Waals surface area contributed by atoms with Gasteiger partial charge in [-0.2, -0.15) is 5.21 Å². The summed E-state index contributed by atoms with van der Waals surface area (Å²) in [7, 11) is 1.64. The van der Waals surface area contributed by atoms with E-state index in [1.165, 1.54) is 0 Å². The number of aromatic amines is 1. The maximum atomic E-state index is 12.3. The minimum Gasteiger partial charge on any atom is -0.496 e. The average Bonchev–Trinajstić information content (AvgIpc) is 3.17. The average molecular weight is 373 g/mol. The highest BCUT2D eigenvalue weighted by Gasteiger charge is 2.31. The van der Waals surface area contributed by atoms with Crippen LogP contribution in [0.1, 0.15) is 23.4 Å². The number of methoxy groups -OCH3 is 1. The first kappa shape index (κ1) is 18.8. The van der Waals surface area contributed by atoms with Gasteiger partial charge in [0.15, 0.2) is 5.82 Å². The Bertz CT molecular complexity index is 794. The highest BCUT2D eigenvalue weighted by molar-refractivity contribution is 5.88. The number of amides is 2. The van der Waals surface area contributed by atoms with Crippen LogP contribution in [-0.2, 0) is 22.7 Å². The molecule has 10 heteroatoms. The second-order valence-corrected chi connectivity index (χ2v) is 6.39. The number of tetrazole rings is 1. The van der Waals surface area contributed by atoms with E-state index in [1.807, 2.05) is 30.0 Å². The first-order valence-corrected chi connectivity index (χ1v) is 8.71. The minimum absolute atomic E-state index is 0.0683. The standard InChI is InChI=1S/C17H23N7O3/c1-11-7-12(3-4-14(11)27-2)10-24-6-5-18-17(26)13(24)8-16(25)19-9-15-20-22-23-21-15/h3-4,7,13H,5-6,8-10H2,1-2H3,(H,18,26)(H,19,25)(H,20,21,22,23)/t13-/m0/s1. The second-order valence-electron chi connectivity index (χ2n) is 6.39. The third-order valence-electron chi connectivity index (χ3n) is 4.50. The topological polar surface area (TPSA) is 125 Å². The Morgan fingerprint density at radius 1 is 1.44 bits per heavy atom. The molecule has 1 atom stereocenters. The molecule has 1 aromatic heterocycles. The third kappa shape index (κ3) is 4.79. The lowest BCUT2D eigenvalue weighted by molar-refractivity contribution is -0.134. The number of carbonyl (C=O) groups is 2. The largest absolute Gasteiger partial charge is 0.496 e. The number of hydrogen-bond donors (Lipinski definition) is 3. The number of nitrogens with zero attached hydrogens (tertiary/aromatic N) is 4. The van der Waals surface area contributed by atoms with Crippen LogP contribution in [0.15, 0.2) is 18.2 Å². The number of aryl methyl sites for hydroxylation is 1. The van der Waals surface area contributed by atoms with Gasteiger partial charge in [-0.25, -0.2) is 0 Å². The van der Waals surface area contributed by atoms with E-state index >= 15 is 0 Å². The molecule has 0 spiro atoms. The lowest BCUT2D eigenvalue weighted by Gasteiger charge is -2.34. The van der Waals surface area contributed by atoms with E-state index in [1.54, 1.807) is 7.11 Å². The number of piperazine rings is 1. The highest BCUT2D eigenvalue weighted by Crippen LogP contribution is 2.21. The van der Waals surface area contributed by atoms with Crippen molar-refractivity contribution < 1.29 is 14.3 Å². The Kier molecular flexibility index (Phi) is 5.97. The lowest BCUT2D eigenvalue weighted by atomic mass is 10.1. The van der Waals surface area contributed by atoms with Gasteiger partial charge in [0.25, 0.3) is 0 Å². The van der Waals surface area contributed by atoms with Crippen LogP contribution in [-0.4, -0.2) is 63.6 Å². The number of hydrogen-bond acceptors (Lipinski definition) is 7. The smallest absolute Gasteiger partial charge is 0.237 e. The maximum absolute atomic E-state index is 12.3. The molecule has 144 valence electrons. The van der Waals surface area contributed by atoms with Crippen molar-refractivity contribution in [3.63, 3.8) is 0 Å². The van der Waals surface area contributed by atoms with Gasteiger partial charge < -0.3 is 15.4 Å². The van der Waals surface area contributed by atoms with Crippen molar-refractivity contribution in [3.05, 3.63) is 35.2 Å². The predicted octanol–water partition coefficient (Wildman–Crippen LogP) is -0.476. The van der Waals surface area contributed by atoms with Gasteiger partial charge in [-0.3, -0.25) is 14.5 Å². The summed E-state index contributed by atoms with van der Waals surface area (Å²) in [6, 6.07) is 5.41. The Hall–Kier alpha value is -3.01. The lowest BCUT2D eigenvalue weighted by Crippen LogP contribution is -2.56. The number of aromatic nitrogens is 4. The molecule has 0 radical (unpaired) electrons. The molecule has 1 aromatic carbocycles. The SMILES string of the molecule is COc1ccc(CN2CCNC(=O)[C@@H]2CC(=O)NCc2nn[nH]n2)cc1C. The Morgan fingerprint density at radius 3 is 3.00 bits per heavy atom. The van der Waals surface area contributed by atoms with Gasteiger partial charge in [0.05, 0.1) is 26.1 Å².